The van der Waals surface area contributed by atoms with Crippen LogP contribution in [0, 0.1) is 6.92 Å². The summed E-state index contributed by atoms with van der Waals surface area (Å²) in [5.41, 5.74) is 5.28. The van der Waals surface area contributed by atoms with Gasteiger partial charge in [0, 0.05) is 43.8 Å². The van der Waals surface area contributed by atoms with Crippen molar-refractivity contribution in [2.45, 2.75) is 57.9 Å². The standard InChI is InChI=1S/C24H31N5O/c1-17-14-19(10-11-20(17)27(2)18-8-4-3-5-9-18)29-15-21(28-12-6-7-13-28)22-23(29)25-16-26-24(22)30/h10-11,14-16,18H,3-9,12-13H2,1-2H3,(H,25,26,30). The number of anilines is 2. The van der Waals surface area contributed by atoms with Crippen molar-refractivity contribution in [3.63, 3.8) is 0 Å². The molecule has 2 aromatic heterocycles. The highest BCUT2D eigenvalue weighted by molar-refractivity contribution is 5.91. The monoisotopic (exact) mass is 405 g/mol. The number of nitrogens with one attached hydrogen (secondary N) is 1. The summed E-state index contributed by atoms with van der Waals surface area (Å²) in [6.45, 7) is 4.18. The molecular formula is C24H31N5O. The molecule has 1 N–H and O–H groups in total. The van der Waals surface area contributed by atoms with E-state index in [0.717, 1.165) is 30.1 Å². The second-order valence-electron chi connectivity index (χ2n) is 8.88. The molecule has 5 rings (SSSR count). The van der Waals surface area contributed by atoms with Crippen molar-refractivity contribution in [3.8, 4) is 5.69 Å². The number of hydrogen-bond donors (Lipinski definition) is 1. The van der Waals surface area contributed by atoms with Crippen molar-refractivity contribution in [3.05, 3.63) is 46.6 Å². The minimum absolute atomic E-state index is 0.0639. The second kappa shape index (κ2) is 7.82. The lowest BCUT2D eigenvalue weighted by Crippen LogP contribution is -2.33. The number of fused-ring (bicyclic) bond motifs is 1. The largest absolute Gasteiger partial charge is 0.371 e. The molecule has 0 amide bonds. The Morgan fingerprint density at radius 3 is 2.60 bits per heavy atom. The molecule has 6 heteroatoms. The number of aromatic amines is 1. The normalized spacial score (nSPS) is 17.7. The van der Waals surface area contributed by atoms with Gasteiger partial charge in [0.1, 0.15) is 5.39 Å². The van der Waals surface area contributed by atoms with E-state index in [2.05, 4.69) is 62.7 Å². The fraction of sp³-hybridized carbons (Fsp3) is 0.500. The molecular weight excluding hydrogens is 374 g/mol. The molecule has 2 fully saturated rings. The zero-order valence-corrected chi connectivity index (χ0v) is 18.0. The molecule has 6 nitrogen and oxygen atoms in total. The van der Waals surface area contributed by atoms with Gasteiger partial charge in [0.2, 0.25) is 0 Å². The van der Waals surface area contributed by atoms with Gasteiger partial charge in [-0.3, -0.25) is 9.36 Å². The minimum Gasteiger partial charge on any atom is -0.371 e. The van der Waals surface area contributed by atoms with Crippen molar-refractivity contribution in [2.24, 2.45) is 0 Å². The molecule has 0 unspecified atom stereocenters. The van der Waals surface area contributed by atoms with Crippen LogP contribution < -0.4 is 15.4 Å². The van der Waals surface area contributed by atoms with E-state index >= 15 is 0 Å². The number of benzene rings is 1. The lowest BCUT2D eigenvalue weighted by atomic mass is 9.94. The number of hydrogen-bond acceptors (Lipinski definition) is 4. The predicted octanol–water partition coefficient (Wildman–Crippen LogP) is 4.39. The minimum atomic E-state index is -0.0639. The molecule has 1 aliphatic carbocycles. The Hall–Kier alpha value is -2.76. The lowest BCUT2D eigenvalue weighted by Gasteiger charge is -2.34. The van der Waals surface area contributed by atoms with E-state index in [4.69, 9.17) is 0 Å². The maximum absolute atomic E-state index is 12.6. The van der Waals surface area contributed by atoms with Crippen LogP contribution in [0.2, 0.25) is 0 Å². The first kappa shape index (κ1) is 19.2. The van der Waals surface area contributed by atoms with Crippen LogP contribution in [0.4, 0.5) is 11.4 Å². The number of rotatable bonds is 4. The average Bonchev–Trinajstić information content (AvgIpc) is 3.42. The molecule has 0 bridgehead atoms. The van der Waals surface area contributed by atoms with Crippen LogP contribution in [0.1, 0.15) is 50.5 Å². The fourth-order valence-electron chi connectivity index (χ4n) is 5.30. The van der Waals surface area contributed by atoms with E-state index in [9.17, 15) is 4.79 Å². The Bertz CT molecular complexity index is 1100. The summed E-state index contributed by atoms with van der Waals surface area (Å²) < 4.78 is 2.08. The van der Waals surface area contributed by atoms with Crippen LogP contribution in [-0.2, 0) is 0 Å². The van der Waals surface area contributed by atoms with Gasteiger partial charge in [-0.05, 0) is 56.4 Å². The van der Waals surface area contributed by atoms with Gasteiger partial charge in [-0.15, -0.1) is 0 Å². The highest BCUT2D eigenvalue weighted by Gasteiger charge is 2.23. The van der Waals surface area contributed by atoms with Gasteiger partial charge in [-0.25, -0.2) is 4.98 Å². The van der Waals surface area contributed by atoms with Gasteiger partial charge in [-0.1, -0.05) is 19.3 Å². The highest BCUT2D eigenvalue weighted by Crippen LogP contribution is 2.33. The quantitative estimate of drug-likeness (QED) is 0.699. The third-order valence-corrected chi connectivity index (χ3v) is 6.98. The smallest absolute Gasteiger partial charge is 0.262 e. The topological polar surface area (TPSA) is 57.2 Å². The number of nitrogens with zero attached hydrogens (tertiary/aromatic N) is 4. The molecule has 1 saturated heterocycles. The first-order valence-electron chi connectivity index (χ1n) is 11.3. The van der Waals surface area contributed by atoms with Crippen molar-refractivity contribution in [1.29, 1.82) is 0 Å². The number of aromatic nitrogens is 3. The summed E-state index contributed by atoms with van der Waals surface area (Å²) in [4.78, 5) is 24.7. The third-order valence-electron chi connectivity index (χ3n) is 6.98. The molecule has 2 aliphatic rings. The van der Waals surface area contributed by atoms with Crippen LogP contribution in [-0.4, -0.2) is 40.7 Å². The summed E-state index contributed by atoms with van der Waals surface area (Å²) in [7, 11) is 2.23. The van der Waals surface area contributed by atoms with Gasteiger partial charge < -0.3 is 14.8 Å². The van der Waals surface area contributed by atoms with Gasteiger partial charge >= 0.3 is 0 Å². The Morgan fingerprint density at radius 2 is 1.87 bits per heavy atom. The first-order chi connectivity index (χ1) is 14.6. The van der Waals surface area contributed by atoms with Crippen LogP contribution in [0.3, 0.4) is 0 Å². The molecule has 3 aromatic rings. The van der Waals surface area contributed by atoms with E-state index < -0.39 is 0 Å². The molecule has 1 aliphatic heterocycles. The Labute approximate surface area is 177 Å². The van der Waals surface area contributed by atoms with Gasteiger partial charge in [0.15, 0.2) is 5.65 Å². The Morgan fingerprint density at radius 1 is 1.10 bits per heavy atom. The maximum atomic E-state index is 12.6. The van der Waals surface area contributed by atoms with Gasteiger partial charge in [-0.2, -0.15) is 0 Å². The van der Waals surface area contributed by atoms with Crippen LogP contribution in [0.5, 0.6) is 0 Å². The van der Waals surface area contributed by atoms with Crippen molar-refractivity contribution >= 4 is 22.4 Å². The molecule has 158 valence electrons. The second-order valence-corrected chi connectivity index (χ2v) is 8.88. The zero-order valence-electron chi connectivity index (χ0n) is 18.0. The fourth-order valence-corrected chi connectivity index (χ4v) is 5.30. The number of H-pyrrole nitrogens is 1. The van der Waals surface area contributed by atoms with Crippen LogP contribution in [0.25, 0.3) is 16.7 Å². The zero-order chi connectivity index (χ0) is 20.7. The van der Waals surface area contributed by atoms with E-state index in [-0.39, 0.29) is 5.56 Å². The van der Waals surface area contributed by atoms with Crippen molar-refractivity contribution in [1.82, 2.24) is 14.5 Å². The van der Waals surface area contributed by atoms with Gasteiger partial charge in [0.25, 0.3) is 5.56 Å². The molecule has 0 spiro atoms. The average molecular weight is 406 g/mol. The molecule has 0 atom stereocenters. The van der Waals surface area contributed by atoms with Crippen LogP contribution in [0.15, 0.2) is 35.5 Å². The molecule has 1 saturated carbocycles. The summed E-state index contributed by atoms with van der Waals surface area (Å²) in [6, 6.07) is 7.26. The van der Waals surface area contributed by atoms with E-state index in [0.29, 0.717) is 11.4 Å². The van der Waals surface area contributed by atoms with E-state index in [1.165, 1.54) is 62.5 Å². The van der Waals surface area contributed by atoms with Gasteiger partial charge in [0.05, 0.1) is 12.0 Å². The van der Waals surface area contributed by atoms with Crippen LogP contribution >= 0.6 is 0 Å². The predicted molar refractivity (Wildman–Crippen MR) is 123 cm³/mol. The SMILES string of the molecule is Cc1cc(-n2cc(N3CCCC3)c3c(=O)[nH]cnc32)ccc1N(C)C1CCCCC1. The first-order valence-corrected chi connectivity index (χ1v) is 11.3. The molecule has 1 aromatic carbocycles. The summed E-state index contributed by atoms with van der Waals surface area (Å²) in [6.07, 6.45) is 12.6. The molecule has 3 heterocycles. The Kier molecular flexibility index (Phi) is 5.01. The maximum Gasteiger partial charge on any atom is 0.262 e. The molecule has 0 radical (unpaired) electrons. The third kappa shape index (κ3) is 3.28. The van der Waals surface area contributed by atoms with E-state index in [1.807, 2.05) is 0 Å². The lowest BCUT2D eigenvalue weighted by molar-refractivity contribution is 0.427. The molecule has 30 heavy (non-hydrogen) atoms. The Balaban J connectivity index is 1.55. The van der Waals surface area contributed by atoms with Crippen molar-refractivity contribution in [2.75, 3.05) is 29.9 Å². The number of aryl methyl sites for hydroxylation is 1. The summed E-state index contributed by atoms with van der Waals surface area (Å²) in [5.74, 6) is 0. The van der Waals surface area contributed by atoms with E-state index in [1.54, 1.807) is 0 Å². The summed E-state index contributed by atoms with van der Waals surface area (Å²) in [5, 5.41) is 0.695. The summed E-state index contributed by atoms with van der Waals surface area (Å²) >= 11 is 0. The highest BCUT2D eigenvalue weighted by atomic mass is 16.1. The van der Waals surface area contributed by atoms with Crippen molar-refractivity contribution < 1.29 is 0 Å².